The molecule has 1 N–H and O–H groups in total. The maximum atomic E-state index is 13.4. The molecule has 3 heterocycles. The van der Waals surface area contributed by atoms with E-state index in [4.69, 9.17) is 9.47 Å². The lowest BCUT2D eigenvalue weighted by atomic mass is 9.79. The first kappa shape index (κ1) is 16.0. The molecule has 0 radical (unpaired) electrons. The van der Waals surface area contributed by atoms with Crippen molar-refractivity contribution in [3.63, 3.8) is 0 Å². The molecular formula is C20H16BrNO4. The first-order valence-corrected chi connectivity index (χ1v) is 9.40. The third kappa shape index (κ3) is 2.12. The number of fused-ring (bicyclic) bond motifs is 3. The summed E-state index contributed by atoms with van der Waals surface area (Å²) in [5.41, 5.74) is 0.534. The number of halogens is 1. The van der Waals surface area contributed by atoms with Crippen LogP contribution in [0.1, 0.15) is 28.4 Å². The number of carbonyl (C=O) groups is 2. The standard InChI is InChI=1S/C20H16BrNO4/c21-12-6-7-14-13(10-12)17(23)15-16(11-4-2-1-3-5-11)22-20(18(15)26-14)8-9-25-19(20)24/h1-7,10,15-16,18,22H,8-9H2/t15-,16+,18+,20+/m1/s1. The summed E-state index contributed by atoms with van der Waals surface area (Å²) in [4.78, 5) is 26.0. The molecule has 0 bridgehead atoms. The quantitative estimate of drug-likeness (QED) is 0.727. The van der Waals surface area contributed by atoms with Crippen molar-refractivity contribution in [2.24, 2.45) is 5.92 Å². The summed E-state index contributed by atoms with van der Waals surface area (Å²) >= 11 is 3.42. The molecule has 26 heavy (non-hydrogen) atoms. The van der Waals surface area contributed by atoms with Gasteiger partial charge in [-0.2, -0.15) is 0 Å². The summed E-state index contributed by atoms with van der Waals surface area (Å²) in [5, 5.41) is 3.42. The van der Waals surface area contributed by atoms with Gasteiger partial charge in [-0.05, 0) is 23.8 Å². The van der Waals surface area contributed by atoms with Crippen LogP contribution in [0.15, 0.2) is 53.0 Å². The number of Topliss-reactive ketones (excluding diaryl/α,β-unsaturated/α-hetero) is 1. The lowest BCUT2D eigenvalue weighted by molar-refractivity contribution is -0.145. The van der Waals surface area contributed by atoms with Gasteiger partial charge in [-0.1, -0.05) is 46.3 Å². The van der Waals surface area contributed by atoms with Crippen molar-refractivity contribution < 1.29 is 19.1 Å². The molecule has 2 saturated heterocycles. The van der Waals surface area contributed by atoms with Gasteiger partial charge in [0.2, 0.25) is 0 Å². The Morgan fingerprint density at radius 2 is 1.92 bits per heavy atom. The number of nitrogens with one attached hydrogen (secondary N) is 1. The first-order valence-electron chi connectivity index (χ1n) is 8.60. The zero-order valence-corrected chi connectivity index (χ0v) is 15.4. The highest BCUT2D eigenvalue weighted by Gasteiger charge is 2.65. The Balaban J connectivity index is 1.67. The molecule has 5 rings (SSSR count). The van der Waals surface area contributed by atoms with Crippen molar-refractivity contribution in [2.45, 2.75) is 24.1 Å². The molecule has 132 valence electrons. The highest BCUT2D eigenvalue weighted by Crippen LogP contribution is 2.49. The Kier molecular flexibility index (Phi) is 3.49. The van der Waals surface area contributed by atoms with Crippen LogP contribution < -0.4 is 10.1 Å². The topological polar surface area (TPSA) is 64.6 Å². The molecule has 0 saturated carbocycles. The van der Waals surface area contributed by atoms with E-state index in [9.17, 15) is 9.59 Å². The van der Waals surface area contributed by atoms with Crippen LogP contribution in [-0.4, -0.2) is 30.0 Å². The van der Waals surface area contributed by atoms with Crippen LogP contribution in [0.2, 0.25) is 0 Å². The largest absolute Gasteiger partial charge is 0.486 e. The molecule has 2 aromatic carbocycles. The van der Waals surface area contributed by atoms with E-state index in [-0.39, 0.29) is 17.8 Å². The summed E-state index contributed by atoms with van der Waals surface area (Å²) in [6.07, 6.45) is -0.0842. The third-order valence-corrected chi connectivity index (χ3v) is 6.09. The van der Waals surface area contributed by atoms with Crippen LogP contribution in [0.5, 0.6) is 5.75 Å². The molecule has 3 aliphatic rings. The molecular weight excluding hydrogens is 398 g/mol. The normalized spacial score (nSPS) is 32.1. The molecule has 1 spiro atoms. The molecule has 6 heteroatoms. The van der Waals surface area contributed by atoms with Crippen molar-refractivity contribution in [1.82, 2.24) is 5.32 Å². The van der Waals surface area contributed by atoms with Gasteiger partial charge in [0.05, 0.1) is 18.1 Å². The SMILES string of the molecule is O=C1c2cc(Br)ccc2O[C@H]2[C@@H]1[C@H](c1ccccc1)N[C@@]21CCOC1=O. The lowest BCUT2D eigenvalue weighted by Gasteiger charge is -2.34. The second-order valence-corrected chi connectivity index (χ2v) is 7.87. The molecule has 0 aromatic heterocycles. The van der Waals surface area contributed by atoms with Gasteiger partial charge in [-0.15, -0.1) is 0 Å². The number of hydrogen-bond acceptors (Lipinski definition) is 5. The number of rotatable bonds is 1. The summed E-state index contributed by atoms with van der Waals surface area (Å²) in [5.74, 6) is -0.298. The molecule has 0 aliphatic carbocycles. The van der Waals surface area contributed by atoms with E-state index >= 15 is 0 Å². The van der Waals surface area contributed by atoms with Crippen LogP contribution in [0.3, 0.4) is 0 Å². The van der Waals surface area contributed by atoms with Crippen molar-refractivity contribution in [1.29, 1.82) is 0 Å². The predicted molar refractivity (Wildman–Crippen MR) is 97.0 cm³/mol. The molecule has 3 aliphatic heterocycles. The number of esters is 1. The fraction of sp³-hybridized carbons (Fsp3) is 0.300. The number of ketones is 1. The minimum Gasteiger partial charge on any atom is -0.486 e. The van der Waals surface area contributed by atoms with Crippen molar-refractivity contribution in [3.8, 4) is 5.75 Å². The average molecular weight is 414 g/mol. The molecule has 0 amide bonds. The van der Waals surface area contributed by atoms with E-state index in [2.05, 4.69) is 21.2 Å². The van der Waals surface area contributed by atoms with Gasteiger partial charge in [0, 0.05) is 16.9 Å². The summed E-state index contributed by atoms with van der Waals surface area (Å²) in [6, 6.07) is 14.8. The van der Waals surface area contributed by atoms with E-state index in [1.165, 1.54) is 0 Å². The average Bonchev–Trinajstić information content (AvgIpc) is 3.19. The first-order chi connectivity index (χ1) is 12.6. The van der Waals surface area contributed by atoms with Crippen LogP contribution in [0.4, 0.5) is 0 Å². The summed E-state index contributed by atoms with van der Waals surface area (Å²) in [6.45, 7) is 0.335. The number of ether oxygens (including phenoxy) is 2. The Hall–Kier alpha value is -2.18. The van der Waals surface area contributed by atoms with Gasteiger partial charge in [0.15, 0.2) is 11.3 Å². The highest BCUT2D eigenvalue weighted by atomic mass is 79.9. The smallest absolute Gasteiger partial charge is 0.330 e. The molecule has 0 unspecified atom stereocenters. The molecule has 5 nitrogen and oxygen atoms in total. The molecule has 4 atom stereocenters. The van der Waals surface area contributed by atoms with Crippen molar-refractivity contribution >= 4 is 27.7 Å². The van der Waals surface area contributed by atoms with Crippen LogP contribution in [-0.2, 0) is 9.53 Å². The van der Waals surface area contributed by atoms with E-state index in [0.29, 0.717) is 24.3 Å². The lowest BCUT2D eigenvalue weighted by Crippen LogP contribution is -2.56. The van der Waals surface area contributed by atoms with Gasteiger partial charge in [-0.3, -0.25) is 10.1 Å². The van der Waals surface area contributed by atoms with Gasteiger partial charge in [0.1, 0.15) is 11.9 Å². The minimum absolute atomic E-state index is 0.00419. The van der Waals surface area contributed by atoms with Gasteiger partial charge >= 0.3 is 5.97 Å². The fourth-order valence-electron chi connectivity index (χ4n) is 4.38. The van der Waals surface area contributed by atoms with E-state index < -0.39 is 17.6 Å². The Bertz CT molecular complexity index is 915. The highest BCUT2D eigenvalue weighted by molar-refractivity contribution is 9.10. The summed E-state index contributed by atoms with van der Waals surface area (Å²) in [7, 11) is 0. The molecule has 2 aromatic rings. The predicted octanol–water partition coefficient (Wildman–Crippen LogP) is 3.04. The van der Waals surface area contributed by atoms with E-state index in [0.717, 1.165) is 10.0 Å². The fourth-order valence-corrected chi connectivity index (χ4v) is 4.74. The summed E-state index contributed by atoms with van der Waals surface area (Å²) < 4.78 is 12.3. The number of hydrogen-bond donors (Lipinski definition) is 1. The van der Waals surface area contributed by atoms with E-state index in [1.807, 2.05) is 36.4 Å². The zero-order valence-electron chi connectivity index (χ0n) is 13.8. The van der Waals surface area contributed by atoms with Crippen molar-refractivity contribution in [3.05, 3.63) is 64.1 Å². The number of carbonyl (C=O) groups excluding carboxylic acids is 2. The third-order valence-electron chi connectivity index (χ3n) is 5.60. The monoisotopic (exact) mass is 413 g/mol. The zero-order chi connectivity index (χ0) is 17.9. The Morgan fingerprint density at radius 3 is 2.65 bits per heavy atom. The maximum absolute atomic E-state index is 13.4. The van der Waals surface area contributed by atoms with Crippen LogP contribution in [0.25, 0.3) is 0 Å². The van der Waals surface area contributed by atoms with E-state index in [1.54, 1.807) is 12.1 Å². The second kappa shape index (κ2) is 5.66. The molecule has 2 fully saturated rings. The van der Waals surface area contributed by atoms with Gasteiger partial charge in [0.25, 0.3) is 0 Å². The minimum atomic E-state index is -0.981. The Morgan fingerprint density at radius 1 is 1.12 bits per heavy atom. The second-order valence-electron chi connectivity index (χ2n) is 6.96. The van der Waals surface area contributed by atoms with Gasteiger partial charge < -0.3 is 9.47 Å². The number of benzene rings is 2. The van der Waals surface area contributed by atoms with Crippen LogP contribution >= 0.6 is 15.9 Å². The number of cyclic esters (lactones) is 1. The van der Waals surface area contributed by atoms with Crippen molar-refractivity contribution in [2.75, 3.05) is 6.61 Å². The van der Waals surface area contributed by atoms with Crippen LogP contribution in [0, 0.1) is 5.92 Å². The Labute approximate surface area is 158 Å². The maximum Gasteiger partial charge on any atom is 0.330 e. The van der Waals surface area contributed by atoms with Gasteiger partial charge in [-0.25, -0.2) is 4.79 Å².